The molecule has 0 aromatic heterocycles. The lowest BCUT2D eigenvalue weighted by molar-refractivity contribution is -0.143. The maximum atomic E-state index is 10.7. The van der Waals surface area contributed by atoms with E-state index in [0.29, 0.717) is 12.8 Å². The van der Waals surface area contributed by atoms with Crippen molar-refractivity contribution in [3.63, 3.8) is 0 Å². The van der Waals surface area contributed by atoms with Gasteiger partial charge in [0.1, 0.15) is 6.61 Å². The van der Waals surface area contributed by atoms with Gasteiger partial charge in [0, 0.05) is 17.1 Å². The van der Waals surface area contributed by atoms with E-state index in [9.17, 15) is 13.2 Å². The summed E-state index contributed by atoms with van der Waals surface area (Å²) in [6.07, 6.45) is 0.995. The average molecular weight is 215 g/mol. The predicted molar refractivity (Wildman–Crippen MR) is 45.5 cm³/mol. The molecule has 0 atom stereocenters. The molecule has 0 radical (unpaired) electrons. The van der Waals surface area contributed by atoms with Crippen LogP contribution in [-0.2, 0) is 18.6 Å². The van der Waals surface area contributed by atoms with Crippen LogP contribution < -0.4 is 0 Å². The van der Waals surface area contributed by atoms with E-state index in [-0.39, 0.29) is 12.4 Å². The van der Waals surface area contributed by atoms with Crippen LogP contribution in [0.15, 0.2) is 0 Å². The van der Waals surface area contributed by atoms with Crippen molar-refractivity contribution in [1.29, 1.82) is 0 Å². The summed E-state index contributed by atoms with van der Waals surface area (Å²) in [5.41, 5.74) is 0. The van der Waals surface area contributed by atoms with E-state index >= 15 is 0 Å². The van der Waals surface area contributed by atoms with Gasteiger partial charge in [-0.25, -0.2) is 8.42 Å². The van der Waals surface area contributed by atoms with Crippen LogP contribution in [-0.4, -0.2) is 26.7 Å². The minimum atomic E-state index is -3.54. The normalized spacial score (nSPS) is 11.2. The van der Waals surface area contributed by atoms with Crippen LogP contribution in [0.5, 0.6) is 0 Å². The van der Waals surface area contributed by atoms with Crippen molar-refractivity contribution in [3.8, 4) is 0 Å². The van der Waals surface area contributed by atoms with E-state index in [4.69, 9.17) is 10.7 Å². The number of carbonyl (C=O) groups is 1. The Morgan fingerprint density at radius 3 is 2.50 bits per heavy atom. The van der Waals surface area contributed by atoms with Gasteiger partial charge in [0.05, 0.1) is 5.75 Å². The van der Waals surface area contributed by atoms with Crippen molar-refractivity contribution >= 4 is 25.7 Å². The molecule has 0 amide bonds. The van der Waals surface area contributed by atoms with E-state index < -0.39 is 15.0 Å². The van der Waals surface area contributed by atoms with Gasteiger partial charge in [-0.3, -0.25) is 4.79 Å². The molecule has 4 nitrogen and oxygen atoms in total. The summed E-state index contributed by atoms with van der Waals surface area (Å²) in [5.74, 6) is -0.720. The van der Waals surface area contributed by atoms with Gasteiger partial charge in [0.15, 0.2) is 0 Å². The largest absolute Gasteiger partial charge is 0.465 e. The first-order valence-electron chi connectivity index (χ1n) is 3.53. The smallest absolute Gasteiger partial charge is 0.305 e. The van der Waals surface area contributed by atoms with E-state index in [1.165, 1.54) is 0 Å². The first kappa shape index (κ1) is 11.7. The van der Waals surface area contributed by atoms with Crippen LogP contribution in [0, 0.1) is 0 Å². The lowest BCUT2D eigenvalue weighted by Gasteiger charge is -2.00. The Morgan fingerprint density at radius 1 is 1.50 bits per heavy atom. The van der Waals surface area contributed by atoms with Gasteiger partial charge in [0.2, 0.25) is 9.05 Å². The lowest BCUT2D eigenvalue weighted by atomic mass is 10.3. The number of ether oxygens (including phenoxy) is 1. The second-order valence-corrected chi connectivity index (χ2v) is 5.11. The highest BCUT2D eigenvalue weighted by molar-refractivity contribution is 8.13. The fourth-order valence-corrected chi connectivity index (χ4v) is 1.00. The number of esters is 1. The minimum Gasteiger partial charge on any atom is -0.465 e. The Morgan fingerprint density at radius 2 is 2.08 bits per heavy atom. The van der Waals surface area contributed by atoms with Gasteiger partial charge in [-0.15, -0.1) is 0 Å². The molecule has 72 valence electrons. The summed E-state index contributed by atoms with van der Waals surface area (Å²) in [5, 5.41) is 0. The number of carbonyl (C=O) groups excluding carboxylic acids is 1. The van der Waals surface area contributed by atoms with Crippen LogP contribution in [0.1, 0.15) is 19.8 Å². The molecule has 0 bridgehead atoms. The Balaban J connectivity index is 3.51. The molecular weight excluding hydrogens is 204 g/mol. The minimum absolute atomic E-state index is 0.162. The Hall–Kier alpha value is -0.290. The Labute approximate surface area is 76.3 Å². The van der Waals surface area contributed by atoms with Gasteiger partial charge in [-0.1, -0.05) is 6.92 Å². The third-order valence-corrected chi connectivity index (χ3v) is 2.16. The quantitative estimate of drug-likeness (QED) is 0.504. The van der Waals surface area contributed by atoms with Crippen molar-refractivity contribution in [2.75, 3.05) is 12.4 Å². The number of rotatable bonds is 5. The third kappa shape index (κ3) is 7.81. The fourth-order valence-electron chi connectivity index (χ4n) is 0.531. The van der Waals surface area contributed by atoms with Crippen LogP contribution in [0.25, 0.3) is 0 Å². The van der Waals surface area contributed by atoms with E-state index in [1.54, 1.807) is 0 Å². The average Bonchev–Trinajstić information content (AvgIpc) is 1.84. The standard InChI is InChI=1S/C6H11ClO4S/c1-2-3-6(8)11-4-5-12(7,9)10/h2-5H2,1H3. The second kappa shape index (κ2) is 5.37. The molecule has 0 aliphatic rings. The SMILES string of the molecule is CCCC(=O)OCCS(=O)(=O)Cl. The molecule has 0 heterocycles. The third-order valence-electron chi connectivity index (χ3n) is 1.04. The van der Waals surface area contributed by atoms with Crippen molar-refractivity contribution in [3.05, 3.63) is 0 Å². The number of hydrogen-bond donors (Lipinski definition) is 0. The number of hydrogen-bond acceptors (Lipinski definition) is 4. The maximum Gasteiger partial charge on any atom is 0.305 e. The molecule has 0 spiro atoms. The summed E-state index contributed by atoms with van der Waals surface area (Å²) in [6.45, 7) is 1.67. The molecule has 0 unspecified atom stereocenters. The van der Waals surface area contributed by atoms with Crippen LogP contribution in [0.4, 0.5) is 0 Å². The van der Waals surface area contributed by atoms with Gasteiger partial charge in [0.25, 0.3) is 0 Å². The van der Waals surface area contributed by atoms with Gasteiger partial charge in [-0.05, 0) is 6.42 Å². The topological polar surface area (TPSA) is 60.4 Å². The molecule has 0 saturated carbocycles. The van der Waals surface area contributed by atoms with Crippen molar-refractivity contribution in [1.82, 2.24) is 0 Å². The zero-order valence-electron chi connectivity index (χ0n) is 6.75. The second-order valence-electron chi connectivity index (χ2n) is 2.21. The highest BCUT2D eigenvalue weighted by atomic mass is 35.7. The van der Waals surface area contributed by atoms with Crippen molar-refractivity contribution < 1.29 is 17.9 Å². The number of halogens is 1. The first-order valence-corrected chi connectivity index (χ1v) is 6.01. The molecule has 0 aliphatic carbocycles. The zero-order valence-corrected chi connectivity index (χ0v) is 8.32. The lowest BCUT2D eigenvalue weighted by Crippen LogP contribution is -2.11. The van der Waals surface area contributed by atoms with Crippen molar-refractivity contribution in [2.45, 2.75) is 19.8 Å². The molecule has 0 fully saturated rings. The van der Waals surface area contributed by atoms with E-state index in [1.807, 2.05) is 6.92 Å². The Kier molecular flexibility index (Phi) is 5.24. The molecule has 12 heavy (non-hydrogen) atoms. The summed E-state index contributed by atoms with van der Waals surface area (Å²) in [7, 11) is 1.33. The molecule has 6 heteroatoms. The Bertz CT molecular complexity index is 234. The summed E-state index contributed by atoms with van der Waals surface area (Å²) in [6, 6.07) is 0. The molecule has 0 N–H and O–H groups in total. The van der Waals surface area contributed by atoms with Crippen LogP contribution in [0.2, 0.25) is 0 Å². The summed E-state index contributed by atoms with van der Waals surface area (Å²) in [4.78, 5) is 10.7. The monoisotopic (exact) mass is 214 g/mol. The zero-order chi connectivity index (χ0) is 9.61. The highest BCUT2D eigenvalue weighted by Crippen LogP contribution is 1.97. The summed E-state index contributed by atoms with van der Waals surface area (Å²) >= 11 is 0. The molecule has 0 aromatic rings. The van der Waals surface area contributed by atoms with Gasteiger partial charge in [-0.2, -0.15) is 0 Å². The highest BCUT2D eigenvalue weighted by Gasteiger charge is 2.07. The molecule has 0 aliphatic heterocycles. The van der Waals surface area contributed by atoms with Crippen molar-refractivity contribution in [2.24, 2.45) is 0 Å². The summed E-state index contributed by atoms with van der Waals surface area (Å²) < 4.78 is 25.2. The van der Waals surface area contributed by atoms with Crippen LogP contribution in [0.3, 0.4) is 0 Å². The van der Waals surface area contributed by atoms with Gasteiger partial charge >= 0.3 is 5.97 Å². The molecule has 0 aromatic carbocycles. The van der Waals surface area contributed by atoms with Gasteiger partial charge < -0.3 is 4.74 Å². The molecular formula is C6H11ClO4S. The molecule has 0 saturated heterocycles. The van der Waals surface area contributed by atoms with Crippen LogP contribution >= 0.6 is 10.7 Å². The van der Waals surface area contributed by atoms with E-state index in [2.05, 4.69) is 4.74 Å². The first-order chi connectivity index (χ1) is 5.45. The van der Waals surface area contributed by atoms with E-state index in [0.717, 1.165) is 0 Å². The fraction of sp³-hybridized carbons (Fsp3) is 0.833. The maximum absolute atomic E-state index is 10.7. The predicted octanol–water partition coefficient (Wildman–Crippen LogP) is 0.898. The molecule has 0 rings (SSSR count).